The second kappa shape index (κ2) is 8.31. The van der Waals surface area contributed by atoms with E-state index in [1.54, 1.807) is 11.8 Å². The van der Waals surface area contributed by atoms with Crippen LogP contribution in [0.2, 0.25) is 10.0 Å². The molecule has 0 saturated carbocycles. The third-order valence-electron chi connectivity index (χ3n) is 3.30. The summed E-state index contributed by atoms with van der Waals surface area (Å²) in [7, 11) is 0. The lowest BCUT2D eigenvalue weighted by molar-refractivity contribution is -0.139. The van der Waals surface area contributed by atoms with Gasteiger partial charge in [0, 0.05) is 29.6 Å². The largest absolute Gasteiger partial charge is 0.370 e. The average Bonchev–Trinajstić information content (AvgIpc) is 2.42. The van der Waals surface area contributed by atoms with Crippen LogP contribution in [-0.2, 0) is 9.53 Å². The molecular weight excluding hydrogens is 354 g/mol. The first-order valence-corrected chi connectivity index (χ1v) is 7.43. The Kier molecular flexibility index (Phi) is 7.35. The summed E-state index contributed by atoms with van der Waals surface area (Å²) in [6, 6.07) is 2.41. The highest BCUT2D eigenvalue weighted by atomic mass is 35.5. The van der Waals surface area contributed by atoms with Crippen LogP contribution in [0.3, 0.4) is 0 Å². The summed E-state index contributed by atoms with van der Waals surface area (Å²) in [5, 5.41) is 0.289. The second-order valence-corrected chi connectivity index (χ2v) is 5.98. The van der Waals surface area contributed by atoms with Crippen LogP contribution in [0, 0.1) is 5.82 Å². The van der Waals surface area contributed by atoms with Crippen molar-refractivity contribution in [1.82, 2.24) is 4.90 Å². The smallest absolute Gasteiger partial charge is 0.224 e. The van der Waals surface area contributed by atoms with Crippen molar-refractivity contribution in [3.8, 4) is 0 Å². The van der Waals surface area contributed by atoms with E-state index in [1.165, 1.54) is 12.1 Å². The number of ether oxygens (including phenoxy) is 1. The summed E-state index contributed by atoms with van der Waals surface area (Å²) in [5.41, 5.74) is 6.14. The summed E-state index contributed by atoms with van der Waals surface area (Å²) in [5.74, 6) is -0.595. The van der Waals surface area contributed by atoms with Gasteiger partial charge in [-0.3, -0.25) is 4.79 Å². The summed E-state index contributed by atoms with van der Waals surface area (Å²) in [6.07, 6.45) is -0.190. The van der Waals surface area contributed by atoms with E-state index < -0.39 is 11.9 Å². The van der Waals surface area contributed by atoms with E-state index in [1.807, 2.05) is 0 Å². The van der Waals surface area contributed by atoms with Crippen LogP contribution >= 0.6 is 35.6 Å². The third kappa shape index (κ3) is 4.70. The van der Waals surface area contributed by atoms with Gasteiger partial charge in [0.15, 0.2) is 0 Å². The Bertz CT molecular complexity index is 543. The fourth-order valence-corrected chi connectivity index (χ4v) is 2.76. The van der Waals surface area contributed by atoms with E-state index >= 15 is 0 Å². The number of nitrogens with two attached hydrogens (primary N) is 1. The minimum Gasteiger partial charge on any atom is -0.370 e. The van der Waals surface area contributed by atoms with Crippen molar-refractivity contribution >= 4 is 41.5 Å². The average molecular weight is 372 g/mol. The van der Waals surface area contributed by atoms with Gasteiger partial charge in [-0.15, -0.1) is 12.4 Å². The SMILES string of the molecule is CC(N)CC(=O)N1CCOC(c2cc(F)c(Cl)cc2Cl)C1.Cl. The maximum absolute atomic E-state index is 13.6. The number of amides is 1. The quantitative estimate of drug-likeness (QED) is 0.830. The topological polar surface area (TPSA) is 55.6 Å². The molecule has 2 unspecified atom stereocenters. The molecular formula is C14H18Cl3FN2O2. The van der Waals surface area contributed by atoms with Gasteiger partial charge in [0.25, 0.3) is 0 Å². The fraction of sp³-hybridized carbons (Fsp3) is 0.500. The van der Waals surface area contributed by atoms with E-state index in [2.05, 4.69) is 0 Å². The third-order valence-corrected chi connectivity index (χ3v) is 3.92. The van der Waals surface area contributed by atoms with E-state index in [4.69, 9.17) is 33.7 Å². The lowest BCUT2D eigenvalue weighted by atomic mass is 10.1. The van der Waals surface area contributed by atoms with Crippen molar-refractivity contribution in [1.29, 1.82) is 0 Å². The highest BCUT2D eigenvalue weighted by Gasteiger charge is 2.27. The van der Waals surface area contributed by atoms with E-state index in [-0.39, 0.29) is 35.8 Å². The maximum Gasteiger partial charge on any atom is 0.224 e. The van der Waals surface area contributed by atoms with Crippen molar-refractivity contribution < 1.29 is 13.9 Å². The Morgan fingerprint density at radius 3 is 2.82 bits per heavy atom. The number of hydrogen-bond acceptors (Lipinski definition) is 3. The second-order valence-electron chi connectivity index (χ2n) is 5.17. The van der Waals surface area contributed by atoms with E-state index in [0.717, 1.165) is 0 Å². The molecule has 22 heavy (non-hydrogen) atoms. The highest BCUT2D eigenvalue weighted by molar-refractivity contribution is 6.35. The van der Waals surface area contributed by atoms with Crippen LogP contribution in [-0.4, -0.2) is 36.5 Å². The number of rotatable bonds is 3. The normalized spacial score (nSPS) is 19.5. The molecule has 1 heterocycles. The lowest BCUT2D eigenvalue weighted by Crippen LogP contribution is -2.43. The zero-order valence-corrected chi connectivity index (χ0v) is 14.3. The molecule has 1 amide bonds. The molecule has 2 N–H and O–H groups in total. The first-order valence-electron chi connectivity index (χ1n) is 6.68. The van der Waals surface area contributed by atoms with Crippen molar-refractivity contribution in [2.45, 2.75) is 25.5 Å². The van der Waals surface area contributed by atoms with Crippen LogP contribution in [0.15, 0.2) is 12.1 Å². The summed E-state index contributed by atoms with van der Waals surface area (Å²) >= 11 is 11.8. The predicted octanol–water partition coefficient (Wildman–Crippen LogP) is 3.19. The summed E-state index contributed by atoms with van der Waals surface area (Å²) in [6.45, 7) is 2.97. The zero-order valence-electron chi connectivity index (χ0n) is 12.0. The van der Waals surface area contributed by atoms with Crippen molar-refractivity contribution in [3.63, 3.8) is 0 Å². The summed E-state index contributed by atoms with van der Waals surface area (Å²) < 4.78 is 19.2. The van der Waals surface area contributed by atoms with Gasteiger partial charge in [0.1, 0.15) is 11.9 Å². The molecule has 2 rings (SSSR count). The van der Waals surface area contributed by atoms with E-state index in [0.29, 0.717) is 30.3 Å². The number of halogens is 4. The minimum atomic E-state index is -0.557. The molecule has 2 atom stereocenters. The molecule has 1 fully saturated rings. The molecule has 0 radical (unpaired) electrons. The Labute approximate surface area is 145 Å². The minimum absolute atomic E-state index is 0. The van der Waals surface area contributed by atoms with Crippen LogP contribution in [0.4, 0.5) is 4.39 Å². The Morgan fingerprint density at radius 1 is 1.50 bits per heavy atom. The van der Waals surface area contributed by atoms with Gasteiger partial charge >= 0.3 is 0 Å². The lowest BCUT2D eigenvalue weighted by Gasteiger charge is -2.34. The molecule has 0 bridgehead atoms. The molecule has 0 aliphatic carbocycles. The van der Waals surface area contributed by atoms with Crippen LogP contribution in [0.1, 0.15) is 25.0 Å². The Hall–Kier alpha value is -0.590. The zero-order chi connectivity index (χ0) is 15.6. The number of hydrogen-bond donors (Lipinski definition) is 1. The van der Waals surface area contributed by atoms with Crippen LogP contribution in [0.5, 0.6) is 0 Å². The molecule has 0 spiro atoms. The number of benzene rings is 1. The van der Waals surface area contributed by atoms with Crippen molar-refractivity contribution in [3.05, 3.63) is 33.6 Å². The number of morpholine rings is 1. The molecule has 4 nitrogen and oxygen atoms in total. The van der Waals surface area contributed by atoms with Gasteiger partial charge in [0.05, 0.1) is 18.2 Å². The predicted molar refractivity (Wildman–Crippen MR) is 87.2 cm³/mol. The van der Waals surface area contributed by atoms with Crippen molar-refractivity contribution in [2.75, 3.05) is 19.7 Å². The van der Waals surface area contributed by atoms with Gasteiger partial charge < -0.3 is 15.4 Å². The molecule has 8 heteroatoms. The Morgan fingerprint density at radius 2 is 2.18 bits per heavy atom. The monoisotopic (exact) mass is 370 g/mol. The van der Waals surface area contributed by atoms with Crippen LogP contribution < -0.4 is 5.73 Å². The van der Waals surface area contributed by atoms with E-state index in [9.17, 15) is 9.18 Å². The fourth-order valence-electron chi connectivity index (χ4n) is 2.25. The number of carbonyl (C=O) groups excluding carboxylic acids is 1. The van der Waals surface area contributed by atoms with Gasteiger partial charge in [0.2, 0.25) is 5.91 Å². The molecule has 0 aromatic heterocycles. The molecule has 1 aliphatic rings. The van der Waals surface area contributed by atoms with Gasteiger partial charge in [-0.05, 0) is 19.1 Å². The molecule has 1 saturated heterocycles. The first-order chi connectivity index (χ1) is 9.88. The molecule has 124 valence electrons. The standard InChI is InChI=1S/C14H17Cl2FN2O2.ClH/c1-8(18)4-14(20)19-2-3-21-13(7-19)9-5-12(17)11(16)6-10(9)15;/h5-6,8,13H,2-4,7,18H2,1H3;1H. The van der Waals surface area contributed by atoms with Crippen LogP contribution in [0.25, 0.3) is 0 Å². The molecule has 1 aromatic rings. The Balaban J connectivity index is 0.00000242. The molecule has 1 aliphatic heterocycles. The summed E-state index contributed by atoms with van der Waals surface area (Å²) in [4.78, 5) is 13.7. The first kappa shape index (κ1) is 19.5. The van der Waals surface area contributed by atoms with Gasteiger partial charge in [-0.2, -0.15) is 0 Å². The number of carbonyl (C=O) groups is 1. The van der Waals surface area contributed by atoms with Crippen molar-refractivity contribution in [2.24, 2.45) is 5.73 Å². The van der Waals surface area contributed by atoms with Gasteiger partial charge in [-0.1, -0.05) is 23.2 Å². The number of nitrogens with zero attached hydrogens (tertiary/aromatic N) is 1. The maximum atomic E-state index is 13.6. The van der Waals surface area contributed by atoms with Gasteiger partial charge in [-0.25, -0.2) is 4.39 Å². The highest BCUT2D eigenvalue weighted by Crippen LogP contribution is 2.32. The molecule has 1 aromatic carbocycles.